The van der Waals surface area contributed by atoms with E-state index in [0.717, 1.165) is 5.56 Å². The SMILES string of the molecule is CC(CCc1ccccc1F)C(=O)N[C@H](Cc1ccccc1)C(=O)O. The van der Waals surface area contributed by atoms with Crippen LogP contribution in [0.1, 0.15) is 24.5 Å². The maximum absolute atomic E-state index is 13.6. The Morgan fingerprint density at radius 1 is 1.08 bits per heavy atom. The van der Waals surface area contributed by atoms with Crippen molar-refractivity contribution in [3.05, 3.63) is 71.5 Å². The van der Waals surface area contributed by atoms with Gasteiger partial charge in [-0.3, -0.25) is 4.79 Å². The maximum atomic E-state index is 13.6. The number of carbonyl (C=O) groups is 2. The number of carbonyl (C=O) groups excluding carboxylic acids is 1. The third kappa shape index (κ3) is 5.71. The number of aryl methyl sites for hydroxylation is 1. The van der Waals surface area contributed by atoms with Crippen molar-refractivity contribution in [1.82, 2.24) is 5.32 Å². The first-order chi connectivity index (χ1) is 12.0. The van der Waals surface area contributed by atoms with E-state index in [4.69, 9.17) is 0 Å². The van der Waals surface area contributed by atoms with Crippen LogP contribution in [-0.4, -0.2) is 23.0 Å². The fourth-order valence-corrected chi connectivity index (χ4v) is 2.57. The van der Waals surface area contributed by atoms with Crippen LogP contribution in [0.5, 0.6) is 0 Å². The van der Waals surface area contributed by atoms with E-state index in [1.165, 1.54) is 6.07 Å². The Hall–Kier alpha value is -2.69. The first kappa shape index (κ1) is 18.6. The molecule has 2 aromatic rings. The highest BCUT2D eigenvalue weighted by molar-refractivity contribution is 5.85. The lowest BCUT2D eigenvalue weighted by Gasteiger charge is -2.18. The number of aliphatic carboxylic acids is 1. The summed E-state index contributed by atoms with van der Waals surface area (Å²) in [5.74, 6) is -2.10. The summed E-state index contributed by atoms with van der Waals surface area (Å²) in [5, 5.41) is 11.9. The second-order valence-corrected chi connectivity index (χ2v) is 6.12. The number of rotatable bonds is 8. The highest BCUT2D eigenvalue weighted by Gasteiger charge is 2.23. The first-order valence-corrected chi connectivity index (χ1v) is 8.28. The van der Waals surface area contributed by atoms with Crippen molar-refractivity contribution in [3.63, 3.8) is 0 Å². The lowest BCUT2D eigenvalue weighted by molar-refractivity contribution is -0.142. The number of halogens is 1. The van der Waals surface area contributed by atoms with E-state index in [0.29, 0.717) is 18.4 Å². The summed E-state index contributed by atoms with van der Waals surface area (Å²) in [6, 6.07) is 14.6. The molecular weight excluding hydrogens is 321 g/mol. The van der Waals surface area contributed by atoms with Crippen molar-refractivity contribution in [3.8, 4) is 0 Å². The molecule has 0 aliphatic carbocycles. The van der Waals surface area contributed by atoms with Crippen LogP contribution in [0.25, 0.3) is 0 Å². The summed E-state index contributed by atoms with van der Waals surface area (Å²) in [6.07, 6.45) is 1.10. The van der Waals surface area contributed by atoms with Gasteiger partial charge in [-0.15, -0.1) is 0 Å². The summed E-state index contributed by atoms with van der Waals surface area (Å²) in [6.45, 7) is 1.72. The van der Waals surface area contributed by atoms with Gasteiger partial charge in [-0.05, 0) is 30.0 Å². The minimum absolute atomic E-state index is 0.224. The Kier molecular flexibility index (Phi) is 6.69. The van der Waals surface area contributed by atoms with E-state index < -0.39 is 17.9 Å². The normalized spacial score (nSPS) is 13.0. The molecule has 0 saturated heterocycles. The van der Waals surface area contributed by atoms with Gasteiger partial charge in [-0.2, -0.15) is 0 Å². The predicted molar refractivity (Wildman–Crippen MR) is 93.6 cm³/mol. The summed E-state index contributed by atoms with van der Waals surface area (Å²) < 4.78 is 13.6. The molecule has 132 valence electrons. The second kappa shape index (κ2) is 8.97. The van der Waals surface area contributed by atoms with Crippen LogP contribution < -0.4 is 5.32 Å². The highest BCUT2D eigenvalue weighted by atomic mass is 19.1. The highest BCUT2D eigenvalue weighted by Crippen LogP contribution is 2.14. The number of benzene rings is 2. The van der Waals surface area contributed by atoms with Crippen LogP contribution in [-0.2, 0) is 22.4 Å². The zero-order chi connectivity index (χ0) is 18.2. The van der Waals surface area contributed by atoms with Crippen LogP contribution >= 0.6 is 0 Å². The molecule has 2 aromatic carbocycles. The third-order valence-corrected chi connectivity index (χ3v) is 4.15. The molecule has 1 unspecified atom stereocenters. The van der Waals surface area contributed by atoms with Gasteiger partial charge in [0.1, 0.15) is 11.9 Å². The number of nitrogens with one attached hydrogen (secondary N) is 1. The Labute approximate surface area is 146 Å². The van der Waals surface area contributed by atoms with Crippen LogP contribution in [0.4, 0.5) is 4.39 Å². The predicted octanol–water partition coefficient (Wildman–Crippen LogP) is 3.21. The number of hydrogen-bond acceptors (Lipinski definition) is 2. The lowest BCUT2D eigenvalue weighted by atomic mass is 9.99. The molecular formula is C20H22FNO3. The molecule has 0 heterocycles. The molecule has 1 amide bonds. The van der Waals surface area contributed by atoms with Gasteiger partial charge in [-0.1, -0.05) is 55.5 Å². The third-order valence-electron chi connectivity index (χ3n) is 4.15. The van der Waals surface area contributed by atoms with Gasteiger partial charge in [-0.25, -0.2) is 9.18 Å². The minimum Gasteiger partial charge on any atom is -0.480 e. The number of carboxylic acids is 1. The first-order valence-electron chi connectivity index (χ1n) is 8.28. The van der Waals surface area contributed by atoms with Crippen molar-refractivity contribution < 1.29 is 19.1 Å². The van der Waals surface area contributed by atoms with Gasteiger partial charge in [0, 0.05) is 12.3 Å². The minimum atomic E-state index is -1.07. The van der Waals surface area contributed by atoms with Crippen LogP contribution in [0.3, 0.4) is 0 Å². The topological polar surface area (TPSA) is 66.4 Å². The van der Waals surface area contributed by atoms with Crippen molar-refractivity contribution in [2.24, 2.45) is 5.92 Å². The molecule has 0 aromatic heterocycles. The van der Waals surface area contributed by atoms with Gasteiger partial charge < -0.3 is 10.4 Å². The van der Waals surface area contributed by atoms with E-state index in [2.05, 4.69) is 5.32 Å². The number of amides is 1. The molecule has 4 nitrogen and oxygen atoms in total. The molecule has 5 heteroatoms. The Bertz CT molecular complexity index is 718. The molecule has 0 aliphatic heterocycles. The van der Waals surface area contributed by atoms with E-state index in [1.807, 2.05) is 30.3 Å². The summed E-state index contributed by atoms with van der Waals surface area (Å²) >= 11 is 0. The molecule has 0 aliphatic rings. The Morgan fingerprint density at radius 3 is 2.36 bits per heavy atom. The maximum Gasteiger partial charge on any atom is 0.326 e. The monoisotopic (exact) mass is 343 g/mol. The van der Waals surface area contributed by atoms with Gasteiger partial charge in [0.15, 0.2) is 0 Å². The molecule has 0 radical (unpaired) electrons. The quantitative estimate of drug-likeness (QED) is 0.773. The zero-order valence-electron chi connectivity index (χ0n) is 14.1. The van der Waals surface area contributed by atoms with Crippen molar-refractivity contribution in [2.75, 3.05) is 0 Å². The molecule has 0 spiro atoms. The average Bonchev–Trinajstić information content (AvgIpc) is 2.61. The molecule has 25 heavy (non-hydrogen) atoms. The zero-order valence-corrected chi connectivity index (χ0v) is 14.1. The Morgan fingerprint density at radius 2 is 1.72 bits per heavy atom. The summed E-state index contributed by atoms with van der Waals surface area (Å²) in [4.78, 5) is 23.7. The van der Waals surface area contributed by atoms with Crippen molar-refractivity contribution >= 4 is 11.9 Å². The van der Waals surface area contributed by atoms with E-state index in [9.17, 15) is 19.1 Å². The summed E-state index contributed by atoms with van der Waals surface area (Å²) in [5.41, 5.74) is 1.40. The lowest BCUT2D eigenvalue weighted by Crippen LogP contribution is -2.44. The standard InChI is InChI=1S/C20H22FNO3/c1-14(11-12-16-9-5-6-10-17(16)21)19(23)22-18(20(24)25)13-15-7-3-2-4-8-15/h2-10,14,18H,11-13H2,1H3,(H,22,23)(H,24,25)/t14?,18-/m1/s1. The molecule has 0 fully saturated rings. The largest absolute Gasteiger partial charge is 0.480 e. The smallest absolute Gasteiger partial charge is 0.326 e. The van der Waals surface area contributed by atoms with Crippen molar-refractivity contribution in [2.45, 2.75) is 32.2 Å². The van der Waals surface area contributed by atoms with Crippen molar-refractivity contribution in [1.29, 1.82) is 0 Å². The molecule has 2 atom stereocenters. The van der Waals surface area contributed by atoms with E-state index in [-0.39, 0.29) is 18.1 Å². The van der Waals surface area contributed by atoms with Crippen LogP contribution in [0, 0.1) is 11.7 Å². The molecule has 0 bridgehead atoms. The molecule has 0 saturated carbocycles. The van der Waals surface area contributed by atoms with Gasteiger partial charge >= 0.3 is 5.97 Å². The molecule has 2 rings (SSSR count). The van der Waals surface area contributed by atoms with E-state index in [1.54, 1.807) is 25.1 Å². The number of carboxylic acid groups (broad SMARTS) is 1. The van der Waals surface area contributed by atoms with Gasteiger partial charge in [0.05, 0.1) is 0 Å². The fourth-order valence-electron chi connectivity index (χ4n) is 2.57. The number of hydrogen-bond donors (Lipinski definition) is 2. The van der Waals surface area contributed by atoms with Crippen LogP contribution in [0.2, 0.25) is 0 Å². The second-order valence-electron chi connectivity index (χ2n) is 6.12. The average molecular weight is 343 g/mol. The van der Waals surface area contributed by atoms with Gasteiger partial charge in [0.2, 0.25) is 5.91 Å². The summed E-state index contributed by atoms with van der Waals surface area (Å²) in [7, 11) is 0. The molecule has 2 N–H and O–H groups in total. The Balaban J connectivity index is 1.91. The van der Waals surface area contributed by atoms with E-state index >= 15 is 0 Å². The van der Waals surface area contributed by atoms with Gasteiger partial charge in [0.25, 0.3) is 0 Å². The van der Waals surface area contributed by atoms with Crippen LogP contribution in [0.15, 0.2) is 54.6 Å². The fraction of sp³-hybridized carbons (Fsp3) is 0.300.